The van der Waals surface area contributed by atoms with Gasteiger partial charge in [-0.3, -0.25) is 0 Å². The Bertz CT molecular complexity index is 700. The molecule has 0 amide bonds. The third kappa shape index (κ3) is 79.2. The van der Waals surface area contributed by atoms with Crippen molar-refractivity contribution in [3.8, 4) is 0 Å². The topological polar surface area (TPSA) is 121 Å². The SMILES string of the molecule is CCC.CCCCCCCCCCCCC.OP(O)O.OP(O)O.c1ccccc1.c1ccccc1.c1ccccc1.c1ccccc1. The Balaban J connectivity index is -0.000000241. The molecule has 0 spiro atoms. The number of unbranched alkanes of at least 4 members (excludes halogenated alkanes) is 10. The van der Waals surface area contributed by atoms with E-state index in [9.17, 15) is 0 Å². The van der Waals surface area contributed by atoms with E-state index in [-0.39, 0.29) is 0 Å². The molecule has 0 aliphatic heterocycles. The average molecular weight is 705 g/mol. The fourth-order valence-electron chi connectivity index (χ4n) is 3.28. The molecule has 272 valence electrons. The monoisotopic (exact) mass is 704 g/mol. The van der Waals surface area contributed by atoms with E-state index in [1.165, 1.54) is 77.0 Å². The third-order valence-electron chi connectivity index (χ3n) is 5.37. The van der Waals surface area contributed by atoms with Crippen LogP contribution in [0.1, 0.15) is 105 Å². The van der Waals surface area contributed by atoms with E-state index in [4.69, 9.17) is 29.4 Å². The van der Waals surface area contributed by atoms with Crippen molar-refractivity contribution >= 4 is 17.2 Å². The van der Waals surface area contributed by atoms with Gasteiger partial charge in [0.05, 0.1) is 0 Å². The zero-order valence-corrected chi connectivity index (χ0v) is 31.7. The molecule has 4 aromatic rings. The van der Waals surface area contributed by atoms with Gasteiger partial charge in [0.1, 0.15) is 0 Å². The van der Waals surface area contributed by atoms with Gasteiger partial charge in [-0.25, -0.2) is 0 Å². The Kier molecular flexibility index (Phi) is 58.8. The predicted molar refractivity (Wildman–Crippen MR) is 211 cm³/mol. The Hall–Kier alpha value is -2.50. The summed E-state index contributed by atoms with van der Waals surface area (Å²) in [4.78, 5) is 43.4. The van der Waals surface area contributed by atoms with Crippen molar-refractivity contribution in [2.24, 2.45) is 0 Å². The lowest BCUT2D eigenvalue weighted by Gasteiger charge is -2.00. The average Bonchev–Trinajstić information content (AvgIpc) is 3.12. The molecule has 0 unspecified atom stereocenters. The predicted octanol–water partition coefficient (Wildman–Crippen LogP) is 11.9. The standard InChI is InChI=1S/C13H28.4C6H6.C3H8.2H3O3P/c1-3-5-7-9-11-13-12-10-8-6-4-2;4*1-2-4-6-5-3-1;1-3-2;2*1-4(2)3/h3-13H2,1-2H3;4*1-6H;3H2,1-2H3;2*1-3H. The van der Waals surface area contributed by atoms with E-state index < -0.39 is 17.2 Å². The van der Waals surface area contributed by atoms with Crippen molar-refractivity contribution in [2.45, 2.75) is 105 Å². The van der Waals surface area contributed by atoms with E-state index in [1.54, 1.807) is 0 Å². The van der Waals surface area contributed by atoms with Crippen molar-refractivity contribution in [2.75, 3.05) is 0 Å². The van der Waals surface area contributed by atoms with Crippen LogP contribution >= 0.6 is 17.2 Å². The van der Waals surface area contributed by atoms with E-state index in [2.05, 4.69) is 27.7 Å². The Morgan fingerprint density at radius 1 is 0.250 bits per heavy atom. The first-order valence-corrected chi connectivity index (χ1v) is 19.4. The molecule has 0 bridgehead atoms. The molecular formula is C40H66O6P2. The molecule has 0 aliphatic carbocycles. The maximum Gasteiger partial charge on any atom is 0.324 e. The van der Waals surface area contributed by atoms with Crippen LogP contribution in [0.15, 0.2) is 146 Å². The second-order valence-corrected chi connectivity index (χ2v) is 11.1. The zero-order valence-electron chi connectivity index (χ0n) is 29.9. The molecule has 8 heteroatoms. The van der Waals surface area contributed by atoms with Gasteiger partial charge in [0, 0.05) is 0 Å². The molecule has 0 radical (unpaired) electrons. The molecule has 0 saturated carbocycles. The van der Waals surface area contributed by atoms with Crippen LogP contribution in [0.2, 0.25) is 0 Å². The molecule has 0 aromatic heterocycles. The Morgan fingerprint density at radius 2 is 0.333 bits per heavy atom. The Morgan fingerprint density at radius 3 is 0.417 bits per heavy atom. The molecular weight excluding hydrogens is 638 g/mol. The summed E-state index contributed by atoms with van der Waals surface area (Å²) in [5, 5.41) is 0. The molecule has 0 atom stereocenters. The summed E-state index contributed by atoms with van der Waals surface area (Å²) in [6.07, 6.45) is 17.2. The maximum atomic E-state index is 7.23. The van der Waals surface area contributed by atoms with Gasteiger partial charge >= 0.3 is 17.2 Å². The fraction of sp³-hybridized carbons (Fsp3) is 0.400. The minimum atomic E-state index is -2.62. The summed E-state index contributed by atoms with van der Waals surface area (Å²) < 4.78 is 0. The highest BCUT2D eigenvalue weighted by Gasteiger charge is 1.91. The maximum absolute atomic E-state index is 7.23. The number of hydrogen-bond donors (Lipinski definition) is 6. The molecule has 0 saturated heterocycles. The van der Waals surface area contributed by atoms with Crippen LogP contribution in [0, 0.1) is 0 Å². The molecule has 6 nitrogen and oxygen atoms in total. The van der Waals surface area contributed by atoms with Crippen molar-refractivity contribution in [3.05, 3.63) is 146 Å². The van der Waals surface area contributed by atoms with Crippen LogP contribution in [0.4, 0.5) is 0 Å². The highest BCUT2D eigenvalue weighted by molar-refractivity contribution is 7.38. The normalized spacial score (nSPS) is 8.75. The van der Waals surface area contributed by atoms with Crippen LogP contribution in [-0.4, -0.2) is 29.4 Å². The molecule has 0 aliphatic rings. The van der Waals surface area contributed by atoms with Gasteiger partial charge in [0.2, 0.25) is 0 Å². The van der Waals surface area contributed by atoms with Gasteiger partial charge in [0.25, 0.3) is 0 Å². The van der Waals surface area contributed by atoms with Crippen molar-refractivity contribution < 1.29 is 29.4 Å². The van der Waals surface area contributed by atoms with E-state index in [0.29, 0.717) is 0 Å². The minimum absolute atomic E-state index is 1.25. The van der Waals surface area contributed by atoms with Gasteiger partial charge in [-0.2, -0.15) is 0 Å². The lowest BCUT2D eigenvalue weighted by atomic mass is 10.1. The Labute approximate surface area is 296 Å². The summed E-state index contributed by atoms with van der Waals surface area (Å²) in [5.74, 6) is 0. The van der Waals surface area contributed by atoms with Crippen LogP contribution in [0.5, 0.6) is 0 Å². The largest absolute Gasteiger partial charge is 0.328 e. The second-order valence-electron chi connectivity index (χ2n) is 10.0. The highest BCUT2D eigenvalue weighted by Crippen LogP contribution is 2.12. The second kappa shape index (κ2) is 54.0. The molecule has 0 heterocycles. The number of benzene rings is 4. The summed E-state index contributed by atoms with van der Waals surface area (Å²) in [5.41, 5.74) is 0. The molecule has 4 rings (SSSR count). The van der Waals surface area contributed by atoms with Crippen LogP contribution < -0.4 is 0 Å². The lowest BCUT2D eigenvalue weighted by molar-refractivity contribution is 0.366. The van der Waals surface area contributed by atoms with E-state index in [0.717, 1.165) is 0 Å². The number of rotatable bonds is 10. The fourth-order valence-corrected chi connectivity index (χ4v) is 3.28. The highest BCUT2D eigenvalue weighted by atomic mass is 31.2. The molecule has 0 fully saturated rings. The number of hydrogen-bond acceptors (Lipinski definition) is 6. The smallest absolute Gasteiger partial charge is 0.324 e. The van der Waals surface area contributed by atoms with Gasteiger partial charge in [-0.1, -0.05) is 250 Å². The first kappa shape index (κ1) is 52.3. The zero-order chi connectivity index (χ0) is 36.6. The van der Waals surface area contributed by atoms with Crippen molar-refractivity contribution in [1.29, 1.82) is 0 Å². The molecule has 4 aromatic carbocycles. The quantitative estimate of drug-likeness (QED) is 0.0722. The van der Waals surface area contributed by atoms with Crippen LogP contribution in [0.3, 0.4) is 0 Å². The van der Waals surface area contributed by atoms with E-state index in [1.807, 2.05) is 146 Å². The van der Waals surface area contributed by atoms with Crippen LogP contribution in [-0.2, 0) is 0 Å². The molecule has 48 heavy (non-hydrogen) atoms. The van der Waals surface area contributed by atoms with Gasteiger partial charge in [0.15, 0.2) is 0 Å². The third-order valence-corrected chi connectivity index (χ3v) is 5.37. The first-order valence-electron chi connectivity index (χ1n) is 17.0. The molecule has 6 N–H and O–H groups in total. The lowest BCUT2D eigenvalue weighted by Crippen LogP contribution is -1.80. The van der Waals surface area contributed by atoms with Gasteiger partial charge < -0.3 is 29.4 Å². The summed E-state index contributed by atoms with van der Waals surface area (Å²) >= 11 is 0. The summed E-state index contributed by atoms with van der Waals surface area (Å²) in [6, 6.07) is 48.0. The van der Waals surface area contributed by atoms with Gasteiger partial charge in [-0.05, 0) is 0 Å². The first-order chi connectivity index (χ1) is 23.3. The van der Waals surface area contributed by atoms with E-state index >= 15 is 0 Å². The summed E-state index contributed by atoms with van der Waals surface area (Å²) in [7, 11) is -5.24. The van der Waals surface area contributed by atoms with Gasteiger partial charge in [-0.15, -0.1) is 0 Å². The minimum Gasteiger partial charge on any atom is -0.328 e. The van der Waals surface area contributed by atoms with Crippen molar-refractivity contribution in [1.82, 2.24) is 0 Å². The van der Waals surface area contributed by atoms with Crippen LogP contribution in [0.25, 0.3) is 0 Å². The van der Waals surface area contributed by atoms with Crippen molar-refractivity contribution in [3.63, 3.8) is 0 Å². The summed E-state index contributed by atoms with van der Waals surface area (Å²) in [6.45, 7) is 8.81.